The van der Waals surface area contributed by atoms with Crippen molar-refractivity contribution in [2.45, 2.75) is 46.7 Å². The Balaban J connectivity index is 2.56. The predicted molar refractivity (Wildman–Crippen MR) is 70.2 cm³/mol. The lowest BCUT2D eigenvalue weighted by molar-refractivity contribution is 0.357. The molecule has 1 aromatic rings. The second-order valence-corrected chi connectivity index (χ2v) is 5.76. The number of hydrogen-bond donors (Lipinski definition) is 1. The summed E-state index contributed by atoms with van der Waals surface area (Å²) in [4.78, 5) is 15.8. The van der Waals surface area contributed by atoms with E-state index in [1.807, 2.05) is 6.92 Å². The van der Waals surface area contributed by atoms with E-state index in [0.29, 0.717) is 12.5 Å². The lowest BCUT2D eigenvalue weighted by atomic mass is 10.1. The molecule has 17 heavy (non-hydrogen) atoms. The lowest BCUT2D eigenvalue weighted by Gasteiger charge is -2.23. The Kier molecular flexibility index (Phi) is 4.46. The molecule has 1 heterocycles. The third-order valence-electron chi connectivity index (χ3n) is 2.51. The van der Waals surface area contributed by atoms with Gasteiger partial charge in [0.1, 0.15) is 0 Å². The summed E-state index contributed by atoms with van der Waals surface area (Å²) in [6, 6.07) is 1.57. The number of nitrogens with zero attached hydrogens (tertiary/aromatic N) is 2. The minimum absolute atomic E-state index is 0.0279. The maximum absolute atomic E-state index is 11.7. The molecule has 1 N–H and O–H groups in total. The molecule has 1 unspecified atom stereocenters. The summed E-state index contributed by atoms with van der Waals surface area (Å²) >= 11 is 0. The Morgan fingerprint density at radius 2 is 2.12 bits per heavy atom. The zero-order valence-electron chi connectivity index (χ0n) is 11.4. The first-order valence-corrected chi connectivity index (χ1v) is 6.06. The Morgan fingerprint density at radius 1 is 1.47 bits per heavy atom. The molecule has 0 aromatic carbocycles. The Hall–Kier alpha value is -1.16. The number of aryl methyl sites for hydroxylation is 1. The van der Waals surface area contributed by atoms with E-state index in [4.69, 9.17) is 0 Å². The van der Waals surface area contributed by atoms with E-state index in [0.717, 1.165) is 12.2 Å². The van der Waals surface area contributed by atoms with Gasteiger partial charge in [-0.1, -0.05) is 6.92 Å². The van der Waals surface area contributed by atoms with E-state index in [2.05, 4.69) is 38.0 Å². The molecule has 0 amide bonds. The maximum Gasteiger partial charge on any atom is 0.253 e. The Morgan fingerprint density at radius 3 is 2.65 bits per heavy atom. The first-order valence-electron chi connectivity index (χ1n) is 6.06. The molecule has 1 atom stereocenters. The summed E-state index contributed by atoms with van der Waals surface area (Å²) in [6.07, 6.45) is 1.63. The average molecular weight is 237 g/mol. The lowest BCUT2D eigenvalue weighted by Crippen LogP contribution is -2.40. The van der Waals surface area contributed by atoms with Crippen LogP contribution in [-0.4, -0.2) is 21.6 Å². The second-order valence-electron chi connectivity index (χ2n) is 5.76. The van der Waals surface area contributed by atoms with Crippen LogP contribution in [0.4, 0.5) is 0 Å². The summed E-state index contributed by atoms with van der Waals surface area (Å²) in [5, 5.41) is 3.44. The highest BCUT2D eigenvalue weighted by molar-refractivity contribution is 4.96. The largest absolute Gasteiger partial charge is 0.312 e. The fourth-order valence-corrected chi connectivity index (χ4v) is 1.53. The van der Waals surface area contributed by atoms with Gasteiger partial charge < -0.3 is 5.32 Å². The molecular weight excluding hydrogens is 214 g/mol. The van der Waals surface area contributed by atoms with Gasteiger partial charge in [0.25, 0.3) is 5.56 Å². The highest BCUT2D eigenvalue weighted by atomic mass is 16.1. The molecule has 1 aromatic heterocycles. The van der Waals surface area contributed by atoms with E-state index >= 15 is 0 Å². The van der Waals surface area contributed by atoms with Gasteiger partial charge in [-0.25, -0.2) is 4.98 Å². The summed E-state index contributed by atoms with van der Waals surface area (Å²) < 4.78 is 1.67. The number of rotatable bonds is 4. The summed E-state index contributed by atoms with van der Waals surface area (Å²) in [5.74, 6) is 0.399. The molecule has 0 saturated carbocycles. The minimum Gasteiger partial charge on any atom is -0.312 e. The van der Waals surface area contributed by atoms with E-state index in [1.54, 1.807) is 17.0 Å². The fourth-order valence-electron chi connectivity index (χ4n) is 1.53. The van der Waals surface area contributed by atoms with E-state index in [1.165, 1.54) is 0 Å². The van der Waals surface area contributed by atoms with Gasteiger partial charge in [-0.2, -0.15) is 0 Å². The van der Waals surface area contributed by atoms with Crippen LogP contribution in [0.15, 0.2) is 17.2 Å². The third-order valence-corrected chi connectivity index (χ3v) is 2.51. The van der Waals surface area contributed by atoms with Crippen molar-refractivity contribution in [2.75, 3.05) is 6.54 Å². The van der Waals surface area contributed by atoms with Gasteiger partial charge >= 0.3 is 0 Å². The molecule has 0 aliphatic rings. The Labute approximate surface area is 103 Å². The van der Waals surface area contributed by atoms with Gasteiger partial charge in [-0.3, -0.25) is 9.36 Å². The monoisotopic (exact) mass is 237 g/mol. The SMILES string of the molecule is Cc1cc(=O)n(CC(C)CNC(C)(C)C)cn1. The van der Waals surface area contributed by atoms with Crippen LogP contribution in [0.25, 0.3) is 0 Å². The van der Waals surface area contributed by atoms with Crippen LogP contribution in [-0.2, 0) is 6.54 Å². The van der Waals surface area contributed by atoms with Crippen molar-refractivity contribution >= 4 is 0 Å². The highest BCUT2D eigenvalue weighted by Gasteiger charge is 2.11. The van der Waals surface area contributed by atoms with Crippen molar-refractivity contribution in [1.82, 2.24) is 14.9 Å². The molecule has 4 nitrogen and oxygen atoms in total. The van der Waals surface area contributed by atoms with Crippen LogP contribution in [0.3, 0.4) is 0 Å². The van der Waals surface area contributed by atoms with Gasteiger partial charge in [0.2, 0.25) is 0 Å². The van der Waals surface area contributed by atoms with Crippen molar-refractivity contribution in [3.63, 3.8) is 0 Å². The quantitative estimate of drug-likeness (QED) is 0.864. The number of aromatic nitrogens is 2. The predicted octanol–water partition coefficient (Wildman–Crippen LogP) is 1.58. The van der Waals surface area contributed by atoms with Gasteiger partial charge in [0, 0.05) is 23.8 Å². The molecule has 4 heteroatoms. The van der Waals surface area contributed by atoms with Crippen LogP contribution in [0.2, 0.25) is 0 Å². The molecule has 1 rings (SSSR count). The third kappa shape index (κ3) is 5.13. The second kappa shape index (κ2) is 5.45. The number of hydrogen-bond acceptors (Lipinski definition) is 3. The van der Waals surface area contributed by atoms with Crippen LogP contribution in [0.5, 0.6) is 0 Å². The van der Waals surface area contributed by atoms with Crippen molar-refractivity contribution in [2.24, 2.45) is 5.92 Å². The van der Waals surface area contributed by atoms with Crippen LogP contribution >= 0.6 is 0 Å². The van der Waals surface area contributed by atoms with Gasteiger partial charge in [0.05, 0.1) is 6.33 Å². The normalized spacial score (nSPS) is 13.7. The topological polar surface area (TPSA) is 46.9 Å². The first-order chi connectivity index (χ1) is 7.78. The summed E-state index contributed by atoms with van der Waals surface area (Å²) in [7, 11) is 0. The van der Waals surface area contributed by atoms with Crippen LogP contribution in [0.1, 0.15) is 33.4 Å². The molecule has 0 bridgehead atoms. The van der Waals surface area contributed by atoms with E-state index in [-0.39, 0.29) is 11.1 Å². The van der Waals surface area contributed by atoms with Crippen LogP contribution in [0, 0.1) is 12.8 Å². The molecule has 0 spiro atoms. The summed E-state index contributed by atoms with van der Waals surface area (Å²) in [5.41, 5.74) is 0.914. The number of nitrogens with one attached hydrogen (secondary N) is 1. The smallest absolute Gasteiger partial charge is 0.253 e. The van der Waals surface area contributed by atoms with Crippen molar-refractivity contribution in [3.8, 4) is 0 Å². The minimum atomic E-state index is 0.0279. The van der Waals surface area contributed by atoms with E-state index < -0.39 is 0 Å². The van der Waals surface area contributed by atoms with Crippen molar-refractivity contribution in [1.29, 1.82) is 0 Å². The molecule has 0 radical (unpaired) electrons. The molecule has 0 aliphatic carbocycles. The van der Waals surface area contributed by atoms with Crippen molar-refractivity contribution < 1.29 is 0 Å². The molecule has 0 aliphatic heterocycles. The molecule has 0 saturated heterocycles. The van der Waals surface area contributed by atoms with Crippen molar-refractivity contribution in [3.05, 3.63) is 28.4 Å². The maximum atomic E-state index is 11.7. The zero-order valence-corrected chi connectivity index (χ0v) is 11.4. The highest BCUT2D eigenvalue weighted by Crippen LogP contribution is 2.02. The standard InChI is InChI=1S/C13H23N3O/c1-10(7-15-13(3,4)5)8-16-9-14-11(2)6-12(16)17/h6,9-10,15H,7-8H2,1-5H3. The Bertz CT molecular complexity index is 417. The molecule has 0 fully saturated rings. The van der Waals surface area contributed by atoms with Gasteiger partial charge in [0.15, 0.2) is 0 Å². The molecular formula is C13H23N3O. The van der Waals surface area contributed by atoms with Gasteiger partial charge in [-0.15, -0.1) is 0 Å². The first kappa shape index (κ1) is 13.9. The average Bonchev–Trinajstić information content (AvgIpc) is 2.18. The fraction of sp³-hybridized carbons (Fsp3) is 0.692. The van der Waals surface area contributed by atoms with Gasteiger partial charge in [-0.05, 0) is 40.2 Å². The zero-order chi connectivity index (χ0) is 13.1. The molecule has 96 valence electrons. The van der Waals surface area contributed by atoms with Crippen LogP contribution < -0.4 is 10.9 Å². The van der Waals surface area contributed by atoms with E-state index in [9.17, 15) is 4.79 Å². The summed E-state index contributed by atoms with van der Waals surface area (Å²) in [6.45, 7) is 12.0.